The Morgan fingerprint density at radius 2 is 1.80 bits per heavy atom. The fraction of sp³-hybridized carbons (Fsp3) is 0.0588. The molecule has 8 heteroatoms. The Hall–Kier alpha value is -2.75. The topological polar surface area (TPSA) is 90.1 Å². The summed E-state index contributed by atoms with van der Waals surface area (Å²) >= 11 is 2.17. The number of non-ortho nitro benzene ring substituents is 1. The van der Waals surface area contributed by atoms with Crippen molar-refractivity contribution < 1.29 is 9.72 Å². The second-order valence-corrected chi connectivity index (χ2v) is 6.56. The Labute approximate surface area is 157 Å². The number of nitrogens with one attached hydrogen (secondary N) is 1. The van der Waals surface area contributed by atoms with E-state index in [0.29, 0.717) is 17.1 Å². The predicted octanol–water partition coefficient (Wildman–Crippen LogP) is 3.95. The Bertz CT molecular complexity index is 934. The number of rotatable bonds is 4. The smallest absolute Gasteiger partial charge is 0.269 e. The molecule has 0 unspecified atom stereocenters. The summed E-state index contributed by atoms with van der Waals surface area (Å²) in [6.45, 7) is 1.81. The van der Waals surface area contributed by atoms with Crippen molar-refractivity contribution in [1.29, 1.82) is 0 Å². The number of carbonyl (C=O) groups is 1. The van der Waals surface area contributed by atoms with Crippen molar-refractivity contribution >= 4 is 40.0 Å². The molecule has 3 aromatic rings. The monoisotopic (exact) mass is 448 g/mol. The van der Waals surface area contributed by atoms with Gasteiger partial charge in [0.05, 0.1) is 16.3 Å². The molecule has 7 nitrogen and oxygen atoms in total. The van der Waals surface area contributed by atoms with E-state index in [1.165, 1.54) is 12.1 Å². The van der Waals surface area contributed by atoms with Gasteiger partial charge < -0.3 is 5.32 Å². The van der Waals surface area contributed by atoms with Crippen LogP contribution >= 0.6 is 22.6 Å². The Balaban J connectivity index is 1.89. The van der Waals surface area contributed by atoms with Gasteiger partial charge in [-0.3, -0.25) is 14.9 Å². The molecule has 0 aliphatic rings. The van der Waals surface area contributed by atoms with Crippen molar-refractivity contribution in [3.8, 4) is 5.69 Å². The van der Waals surface area contributed by atoms with Crippen LogP contribution < -0.4 is 5.32 Å². The van der Waals surface area contributed by atoms with Crippen LogP contribution in [0.15, 0.2) is 54.6 Å². The van der Waals surface area contributed by atoms with Crippen LogP contribution in [0.3, 0.4) is 0 Å². The lowest BCUT2D eigenvalue weighted by Crippen LogP contribution is -2.15. The second-order valence-electron chi connectivity index (χ2n) is 5.32. The Kier molecular flexibility index (Phi) is 4.79. The van der Waals surface area contributed by atoms with Crippen LogP contribution in [-0.2, 0) is 0 Å². The molecule has 126 valence electrons. The number of hydrogen-bond acceptors (Lipinski definition) is 4. The van der Waals surface area contributed by atoms with Gasteiger partial charge in [0.2, 0.25) is 0 Å². The molecule has 0 saturated carbocycles. The van der Waals surface area contributed by atoms with E-state index in [-0.39, 0.29) is 11.6 Å². The van der Waals surface area contributed by atoms with Gasteiger partial charge >= 0.3 is 0 Å². The van der Waals surface area contributed by atoms with E-state index in [1.807, 2.05) is 19.1 Å². The van der Waals surface area contributed by atoms with Gasteiger partial charge in [0.25, 0.3) is 11.6 Å². The Morgan fingerprint density at radius 1 is 1.16 bits per heavy atom. The van der Waals surface area contributed by atoms with Crippen LogP contribution in [0.5, 0.6) is 0 Å². The number of nitro benzene ring substituents is 1. The van der Waals surface area contributed by atoms with Crippen molar-refractivity contribution in [2.45, 2.75) is 6.92 Å². The SMILES string of the molecule is Cc1cc(NC(=O)c2ccc(I)cc2)n(-c2ccc([N+](=O)[O-])cc2)n1. The summed E-state index contributed by atoms with van der Waals surface area (Å²) < 4.78 is 2.59. The molecule has 0 fully saturated rings. The van der Waals surface area contributed by atoms with Gasteiger partial charge in [0.1, 0.15) is 5.82 Å². The summed E-state index contributed by atoms with van der Waals surface area (Å²) in [5.74, 6) is 0.245. The van der Waals surface area contributed by atoms with Gasteiger partial charge in [-0.2, -0.15) is 5.10 Å². The number of aromatic nitrogens is 2. The minimum Gasteiger partial charge on any atom is -0.306 e. The van der Waals surface area contributed by atoms with Gasteiger partial charge in [-0.1, -0.05) is 0 Å². The molecule has 1 N–H and O–H groups in total. The zero-order chi connectivity index (χ0) is 18.0. The molecule has 3 rings (SSSR count). The first-order valence-electron chi connectivity index (χ1n) is 7.32. The van der Waals surface area contributed by atoms with Gasteiger partial charge in [-0.05, 0) is 65.9 Å². The molecule has 0 spiro atoms. The van der Waals surface area contributed by atoms with Crippen molar-refractivity contribution in [2.75, 3.05) is 5.32 Å². The first-order valence-corrected chi connectivity index (χ1v) is 8.40. The summed E-state index contributed by atoms with van der Waals surface area (Å²) in [6.07, 6.45) is 0. The molecule has 0 atom stereocenters. The lowest BCUT2D eigenvalue weighted by Gasteiger charge is -2.09. The number of nitro groups is 1. The molecule has 0 bridgehead atoms. The maximum Gasteiger partial charge on any atom is 0.269 e. The minimum absolute atomic E-state index is 0.00268. The first-order chi connectivity index (χ1) is 11.9. The number of benzene rings is 2. The van der Waals surface area contributed by atoms with Crippen molar-refractivity contribution in [2.24, 2.45) is 0 Å². The fourth-order valence-electron chi connectivity index (χ4n) is 2.29. The number of halogens is 1. The predicted molar refractivity (Wildman–Crippen MR) is 102 cm³/mol. The molecule has 0 aliphatic carbocycles. The zero-order valence-electron chi connectivity index (χ0n) is 13.1. The average Bonchev–Trinajstić information content (AvgIpc) is 2.95. The van der Waals surface area contributed by atoms with E-state index in [4.69, 9.17) is 0 Å². The number of nitrogens with zero attached hydrogens (tertiary/aromatic N) is 3. The maximum absolute atomic E-state index is 12.4. The number of carbonyl (C=O) groups excluding carboxylic acids is 1. The largest absolute Gasteiger partial charge is 0.306 e. The van der Waals surface area contributed by atoms with E-state index in [9.17, 15) is 14.9 Å². The third-order valence-electron chi connectivity index (χ3n) is 3.48. The maximum atomic E-state index is 12.4. The molecule has 1 amide bonds. The lowest BCUT2D eigenvalue weighted by atomic mass is 10.2. The summed E-state index contributed by atoms with van der Waals surface area (Å²) in [4.78, 5) is 22.7. The van der Waals surface area contributed by atoms with Crippen LogP contribution in [0, 0.1) is 20.6 Å². The normalized spacial score (nSPS) is 10.5. The van der Waals surface area contributed by atoms with Gasteiger partial charge in [-0.15, -0.1) is 0 Å². The molecule has 25 heavy (non-hydrogen) atoms. The van der Waals surface area contributed by atoms with Crippen LogP contribution in [0.2, 0.25) is 0 Å². The van der Waals surface area contributed by atoms with Gasteiger partial charge in [0, 0.05) is 27.3 Å². The third kappa shape index (κ3) is 3.85. The fourth-order valence-corrected chi connectivity index (χ4v) is 2.65. The average molecular weight is 448 g/mol. The molecule has 2 aromatic carbocycles. The van der Waals surface area contributed by atoms with Crippen LogP contribution in [-0.4, -0.2) is 20.6 Å². The molecule has 0 aliphatic heterocycles. The number of amides is 1. The van der Waals surface area contributed by atoms with Crippen LogP contribution in [0.1, 0.15) is 16.1 Å². The highest BCUT2D eigenvalue weighted by Gasteiger charge is 2.13. The number of aryl methyl sites for hydroxylation is 1. The molecule has 1 heterocycles. The molecular weight excluding hydrogens is 435 g/mol. The quantitative estimate of drug-likeness (QED) is 0.372. The van der Waals surface area contributed by atoms with Crippen molar-refractivity contribution in [3.63, 3.8) is 0 Å². The highest BCUT2D eigenvalue weighted by molar-refractivity contribution is 14.1. The summed E-state index contributed by atoms with van der Waals surface area (Å²) in [5.41, 5.74) is 1.87. The van der Waals surface area contributed by atoms with E-state index in [1.54, 1.807) is 35.0 Å². The second kappa shape index (κ2) is 7.01. The first kappa shape index (κ1) is 17.1. The lowest BCUT2D eigenvalue weighted by molar-refractivity contribution is -0.384. The summed E-state index contributed by atoms with van der Waals surface area (Å²) in [7, 11) is 0. The van der Waals surface area contributed by atoms with E-state index in [2.05, 4.69) is 33.0 Å². The highest BCUT2D eigenvalue weighted by atomic mass is 127. The van der Waals surface area contributed by atoms with E-state index in [0.717, 1.165) is 9.26 Å². The minimum atomic E-state index is -0.461. The Morgan fingerprint density at radius 3 is 2.40 bits per heavy atom. The van der Waals surface area contributed by atoms with Crippen molar-refractivity contribution in [1.82, 2.24) is 9.78 Å². The molecule has 0 radical (unpaired) electrons. The van der Waals surface area contributed by atoms with Crippen LogP contribution in [0.4, 0.5) is 11.5 Å². The zero-order valence-corrected chi connectivity index (χ0v) is 15.3. The van der Waals surface area contributed by atoms with E-state index >= 15 is 0 Å². The molecule has 1 aromatic heterocycles. The summed E-state index contributed by atoms with van der Waals surface area (Å²) in [6, 6.07) is 14.9. The molecular formula is C17H13IN4O3. The number of hydrogen-bond donors (Lipinski definition) is 1. The van der Waals surface area contributed by atoms with Gasteiger partial charge in [-0.25, -0.2) is 4.68 Å². The van der Waals surface area contributed by atoms with Crippen LogP contribution in [0.25, 0.3) is 5.69 Å². The highest BCUT2D eigenvalue weighted by Crippen LogP contribution is 2.20. The third-order valence-corrected chi connectivity index (χ3v) is 4.20. The standard InChI is InChI=1S/C17H13IN4O3/c1-11-10-16(19-17(23)12-2-4-13(18)5-3-12)21(20-11)14-6-8-15(9-7-14)22(24)25/h2-10H,1H3,(H,19,23). The van der Waals surface area contributed by atoms with E-state index < -0.39 is 4.92 Å². The number of anilines is 1. The van der Waals surface area contributed by atoms with Crippen molar-refractivity contribution in [3.05, 3.63) is 79.5 Å². The summed E-state index contributed by atoms with van der Waals surface area (Å²) in [5, 5.41) is 17.9. The van der Waals surface area contributed by atoms with Gasteiger partial charge in [0.15, 0.2) is 0 Å². The molecule has 0 saturated heterocycles.